The van der Waals surface area contributed by atoms with Gasteiger partial charge in [-0.3, -0.25) is 4.79 Å². The summed E-state index contributed by atoms with van der Waals surface area (Å²) >= 11 is 0. The molecule has 0 aromatic carbocycles. The van der Waals surface area contributed by atoms with E-state index in [1.165, 1.54) is 0 Å². The van der Waals surface area contributed by atoms with Gasteiger partial charge in [-0.05, 0) is 6.42 Å². The van der Waals surface area contributed by atoms with E-state index in [9.17, 15) is 4.79 Å². The number of ether oxygens (including phenoxy) is 3. The van der Waals surface area contributed by atoms with Gasteiger partial charge in [0.15, 0.2) is 0 Å². The lowest BCUT2D eigenvalue weighted by atomic mass is 10.5. The molecule has 90 valence electrons. The van der Waals surface area contributed by atoms with Crippen molar-refractivity contribution in [1.82, 2.24) is 5.32 Å². The fourth-order valence-corrected chi connectivity index (χ4v) is 0.867. The number of hydrogen-bond donors (Lipinski definition) is 1. The van der Waals surface area contributed by atoms with E-state index in [1.807, 2.05) is 6.92 Å². The number of carbonyl (C=O) groups is 1. The number of methoxy groups -OCH3 is 1. The predicted octanol–water partition coefficient (Wildman–Crippen LogP) is 0.192. The number of rotatable bonds is 10. The molecule has 0 radical (unpaired) electrons. The zero-order chi connectivity index (χ0) is 11.4. The van der Waals surface area contributed by atoms with Crippen molar-refractivity contribution in [2.24, 2.45) is 0 Å². The van der Waals surface area contributed by atoms with E-state index in [1.54, 1.807) is 7.11 Å². The Labute approximate surface area is 91.1 Å². The highest BCUT2D eigenvalue weighted by atomic mass is 16.5. The molecule has 0 atom stereocenters. The molecule has 5 nitrogen and oxygen atoms in total. The van der Waals surface area contributed by atoms with Crippen LogP contribution in [0.5, 0.6) is 0 Å². The Morgan fingerprint density at radius 2 is 1.93 bits per heavy atom. The summed E-state index contributed by atoms with van der Waals surface area (Å²) in [5.74, 6) is -0.119. The average molecular weight is 219 g/mol. The fraction of sp³-hybridized carbons (Fsp3) is 0.900. The SMILES string of the molecule is CCCOCCNC(=O)COCCOC. The first-order valence-corrected chi connectivity index (χ1v) is 5.22. The van der Waals surface area contributed by atoms with Gasteiger partial charge in [-0.25, -0.2) is 0 Å². The number of carbonyl (C=O) groups excluding carboxylic acids is 1. The molecular weight excluding hydrogens is 198 g/mol. The van der Waals surface area contributed by atoms with Gasteiger partial charge in [-0.1, -0.05) is 6.92 Å². The van der Waals surface area contributed by atoms with Gasteiger partial charge in [0.25, 0.3) is 0 Å². The molecule has 0 aliphatic carbocycles. The van der Waals surface area contributed by atoms with Crippen LogP contribution >= 0.6 is 0 Å². The fourth-order valence-electron chi connectivity index (χ4n) is 0.867. The molecular formula is C10H21NO4. The molecule has 5 heteroatoms. The first kappa shape index (κ1) is 14.3. The second-order valence-corrected chi connectivity index (χ2v) is 3.01. The minimum Gasteiger partial charge on any atom is -0.382 e. The summed E-state index contributed by atoms with van der Waals surface area (Å²) in [5.41, 5.74) is 0. The summed E-state index contributed by atoms with van der Waals surface area (Å²) in [4.78, 5) is 11.1. The van der Waals surface area contributed by atoms with E-state index in [-0.39, 0.29) is 12.5 Å². The molecule has 0 rings (SSSR count). The van der Waals surface area contributed by atoms with Crippen molar-refractivity contribution in [2.75, 3.05) is 46.7 Å². The van der Waals surface area contributed by atoms with Crippen LogP contribution in [0, 0.1) is 0 Å². The van der Waals surface area contributed by atoms with E-state index in [4.69, 9.17) is 14.2 Å². The molecule has 0 heterocycles. The van der Waals surface area contributed by atoms with Gasteiger partial charge in [0.05, 0.1) is 19.8 Å². The zero-order valence-corrected chi connectivity index (χ0v) is 9.58. The third-order valence-corrected chi connectivity index (χ3v) is 1.58. The van der Waals surface area contributed by atoms with Crippen molar-refractivity contribution in [3.63, 3.8) is 0 Å². The minimum atomic E-state index is -0.119. The van der Waals surface area contributed by atoms with E-state index in [0.717, 1.165) is 13.0 Å². The monoisotopic (exact) mass is 219 g/mol. The lowest BCUT2D eigenvalue weighted by molar-refractivity contribution is -0.126. The molecule has 0 aliphatic rings. The van der Waals surface area contributed by atoms with E-state index in [2.05, 4.69) is 5.32 Å². The van der Waals surface area contributed by atoms with Crippen molar-refractivity contribution in [3.8, 4) is 0 Å². The van der Waals surface area contributed by atoms with Crippen LogP contribution in [0.15, 0.2) is 0 Å². The number of hydrogen-bond acceptors (Lipinski definition) is 4. The van der Waals surface area contributed by atoms with E-state index in [0.29, 0.717) is 26.4 Å². The number of amides is 1. The van der Waals surface area contributed by atoms with Crippen LogP contribution in [0.25, 0.3) is 0 Å². The molecule has 0 aromatic heterocycles. The molecule has 0 aliphatic heterocycles. The van der Waals surface area contributed by atoms with Crippen molar-refractivity contribution in [2.45, 2.75) is 13.3 Å². The Kier molecular flexibility index (Phi) is 10.9. The molecule has 0 saturated heterocycles. The Hall–Kier alpha value is -0.650. The summed E-state index contributed by atoms with van der Waals surface area (Å²) in [6.07, 6.45) is 0.994. The van der Waals surface area contributed by atoms with Gasteiger partial charge < -0.3 is 19.5 Å². The third kappa shape index (κ3) is 11.3. The lowest BCUT2D eigenvalue weighted by Gasteiger charge is -2.06. The topological polar surface area (TPSA) is 56.8 Å². The molecule has 0 unspecified atom stereocenters. The standard InChI is InChI=1S/C10H21NO4/c1-3-5-14-6-4-11-10(12)9-15-8-7-13-2/h3-9H2,1-2H3,(H,11,12). The normalized spacial score (nSPS) is 10.3. The quantitative estimate of drug-likeness (QED) is 0.533. The molecule has 0 aromatic rings. The molecule has 0 saturated carbocycles. The summed E-state index contributed by atoms with van der Waals surface area (Å²) in [5, 5.41) is 2.69. The van der Waals surface area contributed by atoms with Gasteiger partial charge >= 0.3 is 0 Å². The zero-order valence-electron chi connectivity index (χ0n) is 9.58. The maximum absolute atomic E-state index is 11.1. The van der Waals surface area contributed by atoms with Crippen LogP contribution in [0.3, 0.4) is 0 Å². The first-order valence-electron chi connectivity index (χ1n) is 5.22. The highest BCUT2D eigenvalue weighted by Crippen LogP contribution is 1.80. The Morgan fingerprint density at radius 1 is 1.13 bits per heavy atom. The van der Waals surface area contributed by atoms with Crippen LogP contribution in [0.1, 0.15) is 13.3 Å². The predicted molar refractivity (Wildman–Crippen MR) is 56.8 cm³/mol. The molecule has 15 heavy (non-hydrogen) atoms. The van der Waals surface area contributed by atoms with Crippen LogP contribution in [0.4, 0.5) is 0 Å². The summed E-state index contributed by atoms with van der Waals surface area (Å²) in [6.45, 7) is 4.90. The third-order valence-electron chi connectivity index (χ3n) is 1.58. The highest BCUT2D eigenvalue weighted by molar-refractivity contribution is 5.77. The summed E-state index contributed by atoms with van der Waals surface area (Å²) in [6, 6.07) is 0. The van der Waals surface area contributed by atoms with Crippen molar-refractivity contribution in [3.05, 3.63) is 0 Å². The second-order valence-electron chi connectivity index (χ2n) is 3.01. The molecule has 0 fully saturated rings. The van der Waals surface area contributed by atoms with Gasteiger partial charge in [0, 0.05) is 20.3 Å². The Balaban J connectivity index is 3.11. The van der Waals surface area contributed by atoms with Crippen LogP contribution in [-0.2, 0) is 19.0 Å². The maximum Gasteiger partial charge on any atom is 0.246 e. The highest BCUT2D eigenvalue weighted by Gasteiger charge is 1.99. The minimum absolute atomic E-state index is 0.0805. The Morgan fingerprint density at radius 3 is 2.60 bits per heavy atom. The lowest BCUT2D eigenvalue weighted by Crippen LogP contribution is -2.31. The van der Waals surface area contributed by atoms with Crippen molar-refractivity contribution in [1.29, 1.82) is 0 Å². The molecule has 0 spiro atoms. The van der Waals surface area contributed by atoms with Gasteiger partial charge in [0.2, 0.25) is 5.91 Å². The van der Waals surface area contributed by atoms with Crippen molar-refractivity contribution < 1.29 is 19.0 Å². The van der Waals surface area contributed by atoms with Crippen LogP contribution in [-0.4, -0.2) is 52.6 Å². The molecule has 0 bridgehead atoms. The van der Waals surface area contributed by atoms with Crippen LogP contribution < -0.4 is 5.32 Å². The largest absolute Gasteiger partial charge is 0.382 e. The van der Waals surface area contributed by atoms with E-state index >= 15 is 0 Å². The Bertz CT molecular complexity index is 152. The first-order chi connectivity index (χ1) is 7.31. The average Bonchev–Trinajstić information content (AvgIpc) is 2.24. The van der Waals surface area contributed by atoms with Gasteiger partial charge in [-0.15, -0.1) is 0 Å². The second kappa shape index (κ2) is 11.4. The van der Waals surface area contributed by atoms with Gasteiger partial charge in [-0.2, -0.15) is 0 Å². The number of nitrogens with one attached hydrogen (secondary N) is 1. The summed E-state index contributed by atoms with van der Waals surface area (Å²) in [7, 11) is 1.59. The smallest absolute Gasteiger partial charge is 0.246 e. The van der Waals surface area contributed by atoms with E-state index < -0.39 is 0 Å². The van der Waals surface area contributed by atoms with Crippen molar-refractivity contribution >= 4 is 5.91 Å². The van der Waals surface area contributed by atoms with Gasteiger partial charge in [0.1, 0.15) is 6.61 Å². The summed E-state index contributed by atoms with van der Waals surface area (Å²) < 4.78 is 15.0. The molecule has 1 amide bonds. The molecule has 1 N–H and O–H groups in total. The van der Waals surface area contributed by atoms with Crippen LogP contribution in [0.2, 0.25) is 0 Å². The maximum atomic E-state index is 11.1.